The van der Waals surface area contributed by atoms with Crippen molar-refractivity contribution in [3.63, 3.8) is 0 Å². The van der Waals surface area contributed by atoms with Gasteiger partial charge in [0, 0.05) is 23.7 Å². The second kappa shape index (κ2) is 8.15. The number of rotatable bonds is 7. The Kier molecular flexibility index (Phi) is 5.48. The lowest BCUT2D eigenvalue weighted by molar-refractivity contribution is -0.118. The van der Waals surface area contributed by atoms with Crippen LogP contribution in [-0.2, 0) is 11.2 Å². The molecule has 0 aliphatic rings. The summed E-state index contributed by atoms with van der Waals surface area (Å²) in [5, 5.41) is 6.63. The first kappa shape index (κ1) is 17.5. The highest BCUT2D eigenvalue weighted by Gasteiger charge is 2.10. The number of aryl methyl sites for hydroxylation is 1. The van der Waals surface area contributed by atoms with Gasteiger partial charge < -0.3 is 19.3 Å². The second-order valence-electron chi connectivity index (χ2n) is 5.47. The molecule has 0 bridgehead atoms. The van der Waals surface area contributed by atoms with Gasteiger partial charge in [-0.15, -0.1) is 0 Å². The first-order valence-corrected chi connectivity index (χ1v) is 8.17. The first-order chi connectivity index (χ1) is 12.7. The molecule has 0 radical (unpaired) electrons. The fourth-order valence-electron chi connectivity index (χ4n) is 2.28. The number of nitrogens with one attached hydrogen (secondary N) is 1. The molecule has 7 nitrogen and oxygen atoms in total. The van der Waals surface area contributed by atoms with Crippen molar-refractivity contribution in [2.24, 2.45) is 0 Å². The van der Waals surface area contributed by atoms with Crippen LogP contribution in [0.4, 0.5) is 5.69 Å². The van der Waals surface area contributed by atoms with Crippen LogP contribution in [0.2, 0.25) is 0 Å². The van der Waals surface area contributed by atoms with E-state index in [4.69, 9.17) is 14.0 Å². The van der Waals surface area contributed by atoms with Gasteiger partial charge in [0.05, 0.1) is 7.11 Å². The Labute approximate surface area is 150 Å². The van der Waals surface area contributed by atoms with E-state index >= 15 is 0 Å². The summed E-state index contributed by atoms with van der Waals surface area (Å²) in [7, 11) is 1.57. The van der Waals surface area contributed by atoms with E-state index in [1.165, 1.54) is 0 Å². The van der Waals surface area contributed by atoms with Crippen LogP contribution < -0.4 is 14.8 Å². The first-order valence-electron chi connectivity index (χ1n) is 8.17. The van der Waals surface area contributed by atoms with Gasteiger partial charge in [-0.1, -0.05) is 24.2 Å². The lowest BCUT2D eigenvalue weighted by Crippen LogP contribution is -2.20. The number of hydrogen-bond donors (Lipinski definition) is 1. The number of amides is 1. The Morgan fingerprint density at radius 2 is 1.96 bits per heavy atom. The van der Waals surface area contributed by atoms with Crippen molar-refractivity contribution in [3.8, 4) is 23.0 Å². The summed E-state index contributed by atoms with van der Waals surface area (Å²) in [5.41, 5.74) is 1.38. The minimum atomic E-state index is -0.269. The predicted molar refractivity (Wildman–Crippen MR) is 96.2 cm³/mol. The summed E-state index contributed by atoms with van der Waals surface area (Å²) in [6.45, 7) is 1.83. The third kappa shape index (κ3) is 4.38. The zero-order chi connectivity index (χ0) is 18.4. The standard InChI is InChI=1S/C19H19N3O4/c1-3-17-21-19(26-22-17)13-6-4-9-16(10-13)25-12-18(23)20-14-7-5-8-15(11-14)24-2/h4-11H,3,12H2,1-2H3,(H,20,23). The van der Waals surface area contributed by atoms with Crippen molar-refractivity contribution in [1.82, 2.24) is 10.1 Å². The number of ether oxygens (including phenoxy) is 2. The Morgan fingerprint density at radius 3 is 2.73 bits per heavy atom. The van der Waals surface area contributed by atoms with Gasteiger partial charge in [-0.25, -0.2) is 0 Å². The molecule has 134 valence electrons. The average molecular weight is 353 g/mol. The maximum atomic E-state index is 12.1. The maximum Gasteiger partial charge on any atom is 0.262 e. The molecule has 0 unspecified atom stereocenters. The van der Waals surface area contributed by atoms with E-state index in [0.29, 0.717) is 35.3 Å². The van der Waals surface area contributed by atoms with Crippen molar-refractivity contribution in [2.75, 3.05) is 19.0 Å². The van der Waals surface area contributed by atoms with Crippen molar-refractivity contribution in [3.05, 3.63) is 54.4 Å². The average Bonchev–Trinajstić information content (AvgIpc) is 3.16. The zero-order valence-electron chi connectivity index (χ0n) is 14.6. The summed E-state index contributed by atoms with van der Waals surface area (Å²) in [6, 6.07) is 14.3. The summed E-state index contributed by atoms with van der Waals surface area (Å²) >= 11 is 0. The van der Waals surface area contributed by atoms with Crippen LogP contribution in [0.5, 0.6) is 11.5 Å². The summed E-state index contributed by atoms with van der Waals surface area (Å²) in [4.78, 5) is 16.3. The highest BCUT2D eigenvalue weighted by molar-refractivity contribution is 5.92. The minimum absolute atomic E-state index is 0.120. The van der Waals surface area contributed by atoms with E-state index in [-0.39, 0.29) is 12.5 Å². The fraction of sp³-hybridized carbons (Fsp3) is 0.211. The van der Waals surface area contributed by atoms with Gasteiger partial charge in [0.25, 0.3) is 11.8 Å². The SMILES string of the molecule is CCc1noc(-c2cccc(OCC(=O)Nc3cccc(OC)c3)c2)n1. The minimum Gasteiger partial charge on any atom is -0.497 e. The topological polar surface area (TPSA) is 86.5 Å². The molecule has 0 fully saturated rings. The molecule has 0 saturated heterocycles. The Hall–Kier alpha value is -3.35. The number of anilines is 1. The molecule has 1 amide bonds. The van der Waals surface area contributed by atoms with Gasteiger partial charge in [-0.05, 0) is 30.3 Å². The van der Waals surface area contributed by atoms with Crippen molar-refractivity contribution in [2.45, 2.75) is 13.3 Å². The van der Waals surface area contributed by atoms with Crippen LogP contribution in [0.1, 0.15) is 12.7 Å². The molecule has 1 heterocycles. The van der Waals surface area contributed by atoms with Gasteiger partial charge >= 0.3 is 0 Å². The number of carbonyl (C=O) groups is 1. The van der Waals surface area contributed by atoms with E-state index in [1.54, 1.807) is 49.6 Å². The van der Waals surface area contributed by atoms with Crippen LogP contribution in [0.15, 0.2) is 53.1 Å². The molecule has 3 aromatic rings. The number of aromatic nitrogens is 2. The number of hydrogen-bond acceptors (Lipinski definition) is 6. The maximum absolute atomic E-state index is 12.1. The molecule has 0 spiro atoms. The lowest BCUT2D eigenvalue weighted by atomic mass is 10.2. The van der Waals surface area contributed by atoms with Crippen molar-refractivity contribution < 1.29 is 18.8 Å². The highest BCUT2D eigenvalue weighted by atomic mass is 16.5. The van der Waals surface area contributed by atoms with E-state index in [1.807, 2.05) is 13.0 Å². The molecular formula is C19H19N3O4. The van der Waals surface area contributed by atoms with Crippen LogP contribution in [0.25, 0.3) is 11.5 Å². The Balaban J connectivity index is 1.60. The predicted octanol–water partition coefficient (Wildman–Crippen LogP) is 3.33. The molecule has 0 aliphatic heterocycles. The van der Waals surface area contributed by atoms with Crippen molar-refractivity contribution >= 4 is 11.6 Å². The molecule has 0 atom stereocenters. The van der Waals surface area contributed by atoms with E-state index < -0.39 is 0 Å². The van der Waals surface area contributed by atoms with Gasteiger partial charge in [0.1, 0.15) is 11.5 Å². The van der Waals surface area contributed by atoms with Crippen LogP contribution >= 0.6 is 0 Å². The van der Waals surface area contributed by atoms with Gasteiger partial charge in [-0.2, -0.15) is 4.98 Å². The van der Waals surface area contributed by atoms with Gasteiger partial charge in [-0.3, -0.25) is 4.79 Å². The Bertz CT molecular complexity index is 892. The third-order valence-electron chi connectivity index (χ3n) is 3.59. The second-order valence-corrected chi connectivity index (χ2v) is 5.47. The van der Waals surface area contributed by atoms with E-state index in [0.717, 1.165) is 5.56 Å². The third-order valence-corrected chi connectivity index (χ3v) is 3.59. The smallest absolute Gasteiger partial charge is 0.262 e. The van der Waals surface area contributed by atoms with E-state index in [2.05, 4.69) is 15.5 Å². The molecule has 2 aromatic carbocycles. The lowest BCUT2D eigenvalue weighted by Gasteiger charge is -2.09. The van der Waals surface area contributed by atoms with Crippen LogP contribution in [0, 0.1) is 0 Å². The highest BCUT2D eigenvalue weighted by Crippen LogP contribution is 2.22. The molecule has 1 aromatic heterocycles. The van der Waals surface area contributed by atoms with Crippen LogP contribution in [0.3, 0.4) is 0 Å². The Morgan fingerprint density at radius 1 is 1.15 bits per heavy atom. The largest absolute Gasteiger partial charge is 0.497 e. The number of nitrogens with zero attached hydrogens (tertiary/aromatic N) is 2. The normalized spacial score (nSPS) is 10.4. The number of carbonyl (C=O) groups excluding carboxylic acids is 1. The molecule has 26 heavy (non-hydrogen) atoms. The van der Waals surface area contributed by atoms with Crippen molar-refractivity contribution in [1.29, 1.82) is 0 Å². The zero-order valence-corrected chi connectivity index (χ0v) is 14.6. The van der Waals surface area contributed by atoms with Gasteiger partial charge in [0.2, 0.25) is 0 Å². The molecule has 0 saturated carbocycles. The number of methoxy groups -OCH3 is 1. The molecule has 1 N–H and O–H groups in total. The monoisotopic (exact) mass is 353 g/mol. The summed E-state index contributed by atoms with van der Waals surface area (Å²) in [5.74, 6) is 2.01. The molecular weight excluding hydrogens is 334 g/mol. The van der Waals surface area contributed by atoms with Gasteiger partial charge in [0.15, 0.2) is 12.4 Å². The summed E-state index contributed by atoms with van der Waals surface area (Å²) < 4.78 is 15.9. The molecule has 0 aliphatic carbocycles. The molecule has 7 heteroatoms. The molecule has 3 rings (SSSR count). The van der Waals surface area contributed by atoms with Crippen LogP contribution in [-0.4, -0.2) is 29.8 Å². The number of benzene rings is 2. The fourth-order valence-corrected chi connectivity index (χ4v) is 2.28. The van der Waals surface area contributed by atoms with E-state index in [9.17, 15) is 4.79 Å². The summed E-state index contributed by atoms with van der Waals surface area (Å²) in [6.07, 6.45) is 0.699. The quantitative estimate of drug-likeness (QED) is 0.701.